The monoisotopic (exact) mass is 284 g/mol. The second kappa shape index (κ2) is 3.60. The highest BCUT2D eigenvalue weighted by molar-refractivity contribution is 9.10. The first-order chi connectivity index (χ1) is 7.50. The molecule has 7 heteroatoms. The molecule has 2 aromatic heterocycles. The quantitative estimate of drug-likeness (QED) is 0.872. The average Bonchev–Trinajstić information content (AvgIpc) is 2.56. The van der Waals surface area contributed by atoms with Crippen LogP contribution in [0.25, 0.3) is 5.52 Å². The van der Waals surface area contributed by atoms with Gasteiger partial charge in [0.1, 0.15) is 0 Å². The van der Waals surface area contributed by atoms with Crippen LogP contribution < -0.4 is 0 Å². The maximum atomic E-state index is 10.9. The maximum absolute atomic E-state index is 10.9. The fourth-order valence-corrected chi connectivity index (χ4v) is 1.71. The van der Waals surface area contributed by atoms with Crippen LogP contribution in [0.2, 0.25) is 0 Å². The zero-order chi connectivity index (χ0) is 11.9. The molecule has 2 N–H and O–H groups in total. The van der Waals surface area contributed by atoms with Crippen LogP contribution in [0.1, 0.15) is 21.1 Å². The molecule has 0 aromatic carbocycles. The summed E-state index contributed by atoms with van der Waals surface area (Å²) < 4.78 is 1.85. The van der Waals surface area contributed by atoms with Crippen LogP contribution in [-0.2, 0) is 0 Å². The lowest BCUT2D eigenvalue weighted by atomic mass is 10.3. The van der Waals surface area contributed by atoms with E-state index in [-0.39, 0.29) is 17.0 Å². The Kier molecular flexibility index (Phi) is 2.39. The molecule has 0 saturated heterocycles. The Balaban J connectivity index is 2.87. The van der Waals surface area contributed by atoms with Crippen molar-refractivity contribution in [2.75, 3.05) is 0 Å². The first kappa shape index (κ1) is 10.6. The van der Waals surface area contributed by atoms with E-state index in [1.165, 1.54) is 16.7 Å². The third-order valence-electron chi connectivity index (χ3n) is 1.99. The molecular formula is C9H5BrN2O4. The number of aromatic carboxylic acids is 2. The molecule has 0 aliphatic heterocycles. The number of hydrogen-bond acceptors (Lipinski definition) is 3. The van der Waals surface area contributed by atoms with Crippen LogP contribution in [0, 0.1) is 0 Å². The van der Waals surface area contributed by atoms with E-state index in [9.17, 15) is 9.59 Å². The summed E-state index contributed by atoms with van der Waals surface area (Å²) in [7, 11) is 0. The number of imidazole rings is 1. The number of pyridine rings is 1. The Morgan fingerprint density at radius 3 is 2.50 bits per heavy atom. The van der Waals surface area contributed by atoms with E-state index >= 15 is 0 Å². The standard InChI is InChI=1S/C9H5BrN2O4/c10-4-1-2-5-6(8(13)14)11-7(9(15)16)12(5)3-4/h1-3H,(H,13,14)(H,15,16). The van der Waals surface area contributed by atoms with Gasteiger partial charge in [-0.25, -0.2) is 14.6 Å². The van der Waals surface area contributed by atoms with Gasteiger partial charge in [-0.15, -0.1) is 0 Å². The van der Waals surface area contributed by atoms with E-state index in [0.29, 0.717) is 4.47 Å². The number of carboxylic acids is 2. The Bertz CT molecular complexity index is 605. The van der Waals surface area contributed by atoms with Crippen LogP contribution >= 0.6 is 15.9 Å². The molecule has 0 radical (unpaired) electrons. The molecule has 0 fully saturated rings. The molecule has 0 spiro atoms. The van der Waals surface area contributed by atoms with Gasteiger partial charge in [-0.1, -0.05) is 0 Å². The third kappa shape index (κ3) is 1.54. The minimum atomic E-state index is -1.28. The maximum Gasteiger partial charge on any atom is 0.372 e. The average molecular weight is 285 g/mol. The minimum absolute atomic E-state index is 0.244. The topological polar surface area (TPSA) is 91.9 Å². The van der Waals surface area contributed by atoms with Crippen LogP contribution in [0.15, 0.2) is 22.8 Å². The Morgan fingerprint density at radius 2 is 1.94 bits per heavy atom. The number of carbonyl (C=O) groups is 2. The summed E-state index contributed by atoms with van der Waals surface area (Å²) in [5.41, 5.74) is -0.0296. The van der Waals surface area contributed by atoms with Crippen molar-refractivity contribution in [1.29, 1.82) is 0 Å². The van der Waals surface area contributed by atoms with Gasteiger partial charge in [0.2, 0.25) is 5.82 Å². The minimum Gasteiger partial charge on any atom is -0.476 e. The SMILES string of the molecule is O=C(O)c1nc(C(=O)O)n2cc(Br)ccc12. The largest absolute Gasteiger partial charge is 0.476 e. The summed E-state index contributed by atoms with van der Waals surface area (Å²) in [6.07, 6.45) is 1.46. The van der Waals surface area contributed by atoms with Gasteiger partial charge in [0.15, 0.2) is 5.69 Å². The number of fused-ring (bicyclic) bond motifs is 1. The molecule has 0 atom stereocenters. The van der Waals surface area contributed by atoms with Gasteiger partial charge in [-0.05, 0) is 28.1 Å². The van der Waals surface area contributed by atoms with Crippen LogP contribution in [-0.4, -0.2) is 31.5 Å². The van der Waals surface area contributed by atoms with E-state index in [1.807, 2.05) is 0 Å². The van der Waals surface area contributed by atoms with Gasteiger partial charge in [-0.3, -0.25) is 4.40 Å². The summed E-state index contributed by atoms with van der Waals surface area (Å²) >= 11 is 3.17. The van der Waals surface area contributed by atoms with Crippen molar-refractivity contribution in [2.24, 2.45) is 0 Å². The molecule has 0 unspecified atom stereocenters. The molecule has 2 heterocycles. The summed E-state index contributed by atoms with van der Waals surface area (Å²) in [6.45, 7) is 0. The second-order valence-electron chi connectivity index (χ2n) is 3.00. The van der Waals surface area contributed by atoms with Crippen LogP contribution in [0.3, 0.4) is 0 Å². The van der Waals surface area contributed by atoms with Crippen molar-refractivity contribution < 1.29 is 19.8 Å². The molecule has 0 bridgehead atoms. The smallest absolute Gasteiger partial charge is 0.372 e. The fraction of sp³-hybridized carbons (Fsp3) is 0. The Morgan fingerprint density at radius 1 is 1.25 bits per heavy atom. The van der Waals surface area contributed by atoms with E-state index in [1.54, 1.807) is 6.07 Å². The van der Waals surface area contributed by atoms with Crippen molar-refractivity contribution in [3.63, 3.8) is 0 Å². The summed E-state index contributed by atoms with van der Waals surface area (Å²) in [4.78, 5) is 25.3. The lowest BCUT2D eigenvalue weighted by Gasteiger charge is -1.97. The number of hydrogen-bond donors (Lipinski definition) is 2. The molecule has 2 rings (SSSR count). The van der Waals surface area contributed by atoms with Crippen molar-refractivity contribution in [1.82, 2.24) is 9.38 Å². The van der Waals surface area contributed by atoms with Gasteiger partial charge >= 0.3 is 11.9 Å². The lowest BCUT2D eigenvalue weighted by molar-refractivity contribution is 0.0682. The number of rotatable bonds is 2. The van der Waals surface area contributed by atoms with Gasteiger partial charge < -0.3 is 10.2 Å². The molecular weight excluding hydrogens is 280 g/mol. The highest BCUT2D eigenvalue weighted by Gasteiger charge is 2.20. The van der Waals surface area contributed by atoms with Gasteiger partial charge in [0.25, 0.3) is 0 Å². The van der Waals surface area contributed by atoms with Gasteiger partial charge in [0, 0.05) is 10.7 Å². The molecule has 0 saturated carbocycles. The van der Waals surface area contributed by atoms with Crippen LogP contribution in [0.4, 0.5) is 0 Å². The Labute approximate surface area is 97.3 Å². The predicted octanol–water partition coefficient (Wildman–Crippen LogP) is 1.49. The number of carboxylic acid groups (broad SMARTS) is 2. The molecule has 82 valence electrons. The van der Waals surface area contributed by atoms with E-state index in [2.05, 4.69) is 20.9 Å². The molecule has 0 aliphatic carbocycles. The summed E-state index contributed by atoms with van der Waals surface area (Å²) in [6, 6.07) is 3.11. The zero-order valence-corrected chi connectivity index (χ0v) is 9.30. The summed E-state index contributed by atoms with van der Waals surface area (Å²) in [5, 5.41) is 17.7. The normalized spacial score (nSPS) is 10.6. The van der Waals surface area contributed by atoms with Crippen molar-refractivity contribution in [3.05, 3.63) is 34.3 Å². The van der Waals surface area contributed by atoms with Gasteiger partial charge in [0.05, 0.1) is 5.52 Å². The lowest BCUT2D eigenvalue weighted by Crippen LogP contribution is -2.03. The van der Waals surface area contributed by atoms with E-state index in [4.69, 9.17) is 10.2 Å². The number of nitrogens with zero attached hydrogens (tertiary/aromatic N) is 2. The molecule has 2 aromatic rings. The van der Waals surface area contributed by atoms with Crippen molar-refractivity contribution in [3.8, 4) is 0 Å². The third-order valence-corrected chi connectivity index (χ3v) is 2.46. The summed E-state index contributed by atoms with van der Waals surface area (Å²) in [5.74, 6) is -2.86. The van der Waals surface area contributed by atoms with E-state index < -0.39 is 11.9 Å². The highest BCUT2D eigenvalue weighted by atomic mass is 79.9. The molecule has 6 nitrogen and oxygen atoms in total. The fourth-order valence-electron chi connectivity index (χ4n) is 1.37. The first-order valence-corrected chi connectivity index (χ1v) is 4.94. The molecule has 0 aliphatic rings. The van der Waals surface area contributed by atoms with Crippen molar-refractivity contribution in [2.45, 2.75) is 0 Å². The van der Waals surface area contributed by atoms with Crippen LogP contribution in [0.5, 0.6) is 0 Å². The molecule has 0 amide bonds. The number of aromatic nitrogens is 2. The first-order valence-electron chi connectivity index (χ1n) is 4.15. The van der Waals surface area contributed by atoms with E-state index in [0.717, 1.165) is 0 Å². The van der Waals surface area contributed by atoms with Gasteiger partial charge in [-0.2, -0.15) is 0 Å². The highest BCUT2D eigenvalue weighted by Crippen LogP contribution is 2.17. The zero-order valence-electron chi connectivity index (χ0n) is 7.72. The van der Waals surface area contributed by atoms with Crippen molar-refractivity contribution >= 4 is 33.4 Å². The molecule has 16 heavy (non-hydrogen) atoms. The Hall–Kier alpha value is -1.89. The number of halogens is 1. The second-order valence-corrected chi connectivity index (χ2v) is 3.91. The predicted molar refractivity (Wildman–Crippen MR) is 56.8 cm³/mol.